The van der Waals surface area contributed by atoms with Crippen molar-refractivity contribution in [3.63, 3.8) is 0 Å². The van der Waals surface area contributed by atoms with Crippen LogP contribution in [0.5, 0.6) is 5.75 Å². The van der Waals surface area contributed by atoms with E-state index in [9.17, 15) is 18.0 Å². The van der Waals surface area contributed by atoms with Crippen LogP contribution < -0.4 is 4.74 Å². The van der Waals surface area contributed by atoms with E-state index in [1.807, 2.05) is 0 Å². The monoisotopic (exact) mass is 286 g/mol. The summed E-state index contributed by atoms with van der Waals surface area (Å²) in [7, 11) is 0. The number of alkyl halides is 3. The van der Waals surface area contributed by atoms with Crippen LogP contribution in [-0.4, -0.2) is 11.1 Å². The summed E-state index contributed by atoms with van der Waals surface area (Å²) < 4.78 is 48.0. The first kappa shape index (κ1) is 14.0. The van der Waals surface area contributed by atoms with Crippen LogP contribution in [0.1, 0.15) is 21.9 Å². The molecule has 0 aliphatic rings. The molecule has 106 valence electrons. The first-order chi connectivity index (χ1) is 9.38. The zero-order valence-corrected chi connectivity index (χ0v) is 9.98. The molecule has 0 bridgehead atoms. The fourth-order valence-electron chi connectivity index (χ4n) is 1.55. The highest BCUT2D eigenvalue weighted by atomic mass is 19.4. The first-order valence-corrected chi connectivity index (χ1v) is 5.49. The molecule has 2 aromatic rings. The summed E-state index contributed by atoms with van der Waals surface area (Å²) in [6.45, 7) is -0.291. The molecule has 7 heteroatoms. The van der Waals surface area contributed by atoms with E-state index in [4.69, 9.17) is 14.3 Å². The molecule has 0 unspecified atom stereocenters. The van der Waals surface area contributed by atoms with Gasteiger partial charge in [0, 0.05) is 0 Å². The SMILES string of the molecule is O=C(O)c1ccc(COc2ccccc2C(F)(F)F)o1. The van der Waals surface area contributed by atoms with Gasteiger partial charge in [-0.1, -0.05) is 12.1 Å². The lowest BCUT2D eigenvalue weighted by atomic mass is 10.2. The Morgan fingerprint density at radius 3 is 2.50 bits per heavy atom. The Labute approximate surface area is 111 Å². The number of halogens is 3. The standard InChI is InChI=1S/C13H9F3O4/c14-13(15,16)9-3-1-2-4-10(9)19-7-8-5-6-11(20-8)12(17)18/h1-6H,7H2,(H,17,18). The molecular weight excluding hydrogens is 277 g/mol. The van der Waals surface area contributed by atoms with Gasteiger partial charge in [-0.15, -0.1) is 0 Å². The number of aromatic carboxylic acids is 1. The molecule has 0 radical (unpaired) electrons. The minimum atomic E-state index is -4.52. The number of hydrogen-bond donors (Lipinski definition) is 1. The lowest BCUT2D eigenvalue weighted by Gasteiger charge is -2.12. The van der Waals surface area contributed by atoms with Gasteiger partial charge in [0.1, 0.15) is 18.1 Å². The van der Waals surface area contributed by atoms with Gasteiger partial charge in [-0.3, -0.25) is 0 Å². The van der Waals surface area contributed by atoms with E-state index in [1.165, 1.54) is 30.3 Å². The van der Waals surface area contributed by atoms with E-state index in [1.54, 1.807) is 0 Å². The molecule has 0 saturated carbocycles. The Bertz CT molecular complexity index is 616. The fourth-order valence-corrected chi connectivity index (χ4v) is 1.55. The number of benzene rings is 1. The summed E-state index contributed by atoms with van der Waals surface area (Å²) in [5, 5.41) is 8.65. The second kappa shape index (κ2) is 5.28. The van der Waals surface area contributed by atoms with Crippen molar-refractivity contribution in [1.29, 1.82) is 0 Å². The molecule has 0 aliphatic heterocycles. The van der Waals surface area contributed by atoms with Crippen LogP contribution in [0.15, 0.2) is 40.8 Å². The molecule has 1 N–H and O–H groups in total. The topological polar surface area (TPSA) is 59.7 Å². The van der Waals surface area contributed by atoms with Gasteiger partial charge in [0.25, 0.3) is 0 Å². The number of rotatable bonds is 4. The molecule has 4 nitrogen and oxygen atoms in total. The van der Waals surface area contributed by atoms with Crippen molar-refractivity contribution in [2.45, 2.75) is 12.8 Å². The van der Waals surface area contributed by atoms with Gasteiger partial charge in [0.15, 0.2) is 0 Å². The van der Waals surface area contributed by atoms with Crippen molar-refractivity contribution in [1.82, 2.24) is 0 Å². The van der Waals surface area contributed by atoms with Crippen LogP contribution in [0.3, 0.4) is 0 Å². The predicted molar refractivity (Wildman–Crippen MR) is 61.4 cm³/mol. The number of ether oxygens (including phenoxy) is 1. The number of para-hydroxylation sites is 1. The van der Waals surface area contributed by atoms with Gasteiger partial charge in [0.05, 0.1) is 5.56 Å². The van der Waals surface area contributed by atoms with Gasteiger partial charge < -0.3 is 14.3 Å². The lowest BCUT2D eigenvalue weighted by molar-refractivity contribution is -0.139. The Morgan fingerprint density at radius 1 is 1.20 bits per heavy atom. The van der Waals surface area contributed by atoms with Gasteiger partial charge >= 0.3 is 12.1 Å². The van der Waals surface area contributed by atoms with Crippen molar-refractivity contribution in [3.05, 3.63) is 53.5 Å². The van der Waals surface area contributed by atoms with E-state index in [-0.39, 0.29) is 23.9 Å². The van der Waals surface area contributed by atoms with E-state index < -0.39 is 17.7 Å². The fraction of sp³-hybridized carbons (Fsp3) is 0.154. The zero-order chi connectivity index (χ0) is 14.8. The number of carboxylic acids is 1. The third kappa shape index (κ3) is 3.11. The molecule has 1 aromatic carbocycles. The molecule has 0 atom stereocenters. The summed E-state index contributed by atoms with van der Waals surface area (Å²) in [6.07, 6.45) is -4.52. The number of carbonyl (C=O) groups is 1. The quantitative estimate of drug-likeness (QED) is 0.933. The van der Waals surface area contributed by atoms with Gasteiger partial charge in [-0.2, -0.15) is 13.2 Å². The van der Waals surface area contributed by atoms with Crippen LogP contribution in [0, 0.1) is 0 Å². The van der Waals surface area contributed by atoms with Crippen molar-refractivity contribution in [3.8, 4) is 5.75 Å². The summed E-state index contributed by atoms with van der Waals surface area (Å²) in [5.74, 6) is -1.77. The van der Waals surface area contributed by atoms with E-state index in [0.717, 1.165) is 6.07 Å². The second-order valence-electron chi connectivity index (χ2n) is 3.85. The van der Waals surface area contributed by atoms with E-state index in [0.29, 0.717) is 0 Å². The molecule has 0 amide bonds. The van der Waals surface area contributed by atoms with Crippen LogP contribution in [0.25, 0.3) is 0 Å². The largest absolute Gasteiger partial charge is 0.485 e. The molecule has 0 aliphatic carbocycles. The highest BCUT2D eigenvalue weighted by Crippen LogP contribution is 2.36. The highest BCUT2D eigenvalue weighted by Gasteiger charge is 2.34. The first-order valence-electron chi connectivity index (χ1n) is 5.49. The minimum absolute atomic E-state index is 0.124. The Balaban J connectivity index is 2.13. The Morgan fingerprint density at radius 2 is 1.90 bits per heavy atom. The van der Waals surface area contributed by atoms with Crippen LogP contribution in [0.4, 0.5) is 13.2 Å². The molecule has 0 fully saturated rings. The number of hydrogen-bond acceptors (Lipinski definition) is 3. The number of furan rings is 1. The van der Waals surface area contributed by atoms with Gasteiger partial charge in [-0.05, 0) is 24.3 Å². The summed E-state index contributed by atoms with van der Waals surface area (Å²) in [4.78, 5) is 10.6. The van der Waals surface area contributed by atoms with Crippen molar-refractivity contribution < 1.29 is 32.2 Å². The summed E-state index contributed by atoms with van der Waals surface area (Å²) in [5.41, 5.74) is -0.898. The van der Waals surface area contributed by atoms with Crippen molar-refractivity contribution in [2.75, 3.05) is 0 Å². The van der Waals surface area contributed by atoms with E-state index >= 15 is 0 Å². The maximum atomic E-state index is 12.7. The normalized spacial score (nSPS) is 11.3. The minimum Gasteiger partial charge on any atom is -0.485 e. The average Bonchev–Trinajstić information content (AvgIpc) is 2.84. The third-order valence-corrected chi connectivity index (χ3v) is 2.43. The predicted octanol–water partition coefficient (Wildman–Crippen LogP) is 3.58. The smallest absolute Gasteiger partial charge is 0.419 e. The lowest BCUT2D eigenvalue weighted by Crippen LogP contribution is -2.08. The molecular formula is C13H9F3O4. The molecule has 20 heavy (non-hydrogen) atoms. The van der Waals surface area contributed by atoms with Crippen LogP contribution >= 0.6 is 0 Å². The molecule has 1 aromatic heterocycles. The molecule has 2 rings (SSSR count). The van der Waals surface area contributed by atoms with Gasteiger partial charge in [0.2, 0.25) is 5.76 Å². The van der Waals surface area contributed by atoms with Crippen LogP contribution in [0.2, 0.25) is 0 Å². The average molecular weight is 286 g/mol. The summed E-state index contributed by atoms with van der Waals surface area (Å²) in [6, 6.07) is 7.29. The number of carboxylic acid groups (broad SMARTS) is 1. The Hall–Kier alpha value is -2.44. The van der Waals surface area contributed by atoms with E-state index in [2.05, 4.69) is 0 Å². The van der Waals surface area contributed by atoms with Crippen molar-refractivity contribution >= 4 is 5.97 Å². The molecule has 1 heterocycles. The Kier molecular flexibility index (Phi) is 3.69. The van der Waals surface area contributed by atoms with Crippen molar-refractivity contribution in [2.24, 2.45) is 0 Å². The molecule has 0 spiro atoms. The maximum absolute atomic E-state index is 12.7. The van der Waals surface area contributed by atoms with Crippen LogP contribution in [-0.2, 0) is 12.8 Å². The third-order valence-electron chi connectivity index (χ3n) is 2.43. The van der Waals surface area contributed by atoms with Gasteiger partial charge in [-0.25, -0.2) is 4.79 Å². The molecule has 0 saturated heterocycles. The zero-order valence-electron chi connectivity index (χ0n) is 9.98. The highest BCUT2D eigenvalue weighted by molar-refractivity contribution is 5.84. The maximum Gasteiger partial charge on any atom is 0.419 e. The summed E-state index contributed by atoms with van der Waals surface area (Å²) >= 11 is 0. The second-order valence-corrected chi connectivity index (χ2v) is 3.85.